The van der Waals surface area contributed by atoms with Crippen LogP contribution in [0.4, 0.5) is 0 Å². The van der Waals surface area contributed by atoms with Crippen molar-refractivity contribution >= 4 is 5.78 Å². The SMILES string of the molecule is COc1cc2c3c(c1O)CC1(C=CC(=O)C=C1)C3N(C)CC2. The van der Waals surface area contributed by atoms with Crippen LogP contribution < -0.4 is 4.74 Å². The summed E-state index contributed by atoms with van der Waals surface area (Å²) in [6, 6.07) is 2.14. The Bertz CT molecular complexity index is 716. The number of nitrogens with zero attached hydrogens (tertiary/aromatic N) is 1. The average Bonchev–Trinajstić information content (AvgIpc) is 2.86. The lowest BCUT2D eigenvalue weighted by molar-refractivity contribution is -0.110. The molecule has 1 aliphatic heterocycles. The van der Waals surface area contributed by atoms with E-state index in [4.69, 9.17) is 4.74 Å². The molecule has 0 radical (unpaired) electrons. The molecule has 1 N–H and O–H groups in total. The van der Waals surface area contributed by atoms with Crippen molar-refractivity contribution in [2.75, 3.05) is 20.7 Å². The average molecular weight is 297 g/mol. The summed E-state index contributed by atoms with van der Waals surface area (Å²) < 4.78 is 5.34. The zero-order valence-electron chi connectivity index (χ0n) is 12.8. The van der Waals surface area contributed by atoms with Crippen molar-refractivity contribution in [2.45, 2.75) is 18.9 Å². The van der Waals surface area contributed by atoms with Crippen molar-refractivity contribution in [1.29, 1.82) is 0 Å². The smallest absolute Gasteiger partial charge is 0.178 e. The Labute approximate surface area is 129 Å². The number of benzene rings is 1. The maximum atomic E-state index is 11.5. The van der Waals surface area contributed by atoms with Crippen molar-refractivity contribution in [2.24, 2.45) is 5.41 Å². The number of ketones is 1. The highest BCUT2D eigenvalue weighted by Crippen LogP contribution is 2.57. The topological polar surface area (TPSA) is 49.8 Å². The number of likely N-dealkylation sites (N-methyl/N-ethyl adjacent to an activating group) is 1. The molecule has 1 unspecified atom stereocenters. The normalized spacial score (nSPS) is 24.8. The van der Waals surface area contributed by atoms with E-state index in [2.05, 4.69) is 11.9 Å². The van der Waals surface area contributed by atoms with Gasteiger partial charge in [0.1, 0.15) is 0 Å². The van der Waals surface area contributed by atoms with Crippen molar-refractivity contribution < 1.29 is 14.6 Å². The van der Waals surface area contributed by atoms with Crippen molar-refractivity contribution in [3.05, 3.63) is 47.1 Å². The number of hydrogen-bond donors (Lipinski definition) is 1. The van der Waals surface area contributed by atoms with Gasteiger partial charge in [-0.2, -0.15) is 0 Å². The molecule has 0 fully saturated rings. The Morgan fingerprint density at radius 1 is 1.36 bits per heavy atom. The maximum absolute atomic E-state index is 11.5. The standard InChI is InChI=1S/C18H19NO3/c1-19-8-5-11-9-14(22-2)16(21)13-10-18(17(19)15(11)13)6-3-12(20)4-7-18/h3-4,6-7,9,17,21H,5,8,10H2,1-2H3. The number of methoxy groups -OCH3 is 1. The number of phenolic OH excluding ortho intramolecular Hbond substituents is 1. The fourth-order valence-corrected chi connectivity index (χ4v) is 4.27. The zero-order valence-corrected chi connectivity index (χ0v) is 12.8. The molecule has 4 heteroatoms. The second-order valence-electron chi connectivity index (χ2n) is 6.47. The highest BCUT2D eigenvalue weighted by atomic mass is 16.5. The van der Waals surface area contributed by atoms with Gasteiger partial charge in [-0.3, -0.25) is 9.69 Å². The third kappa shape index (κ3) is 1.64. The van der Waals surface area contributed by atoms with Crippen LogP contribution in [-0.2, 0) is 17.6 Å². The lowest BCUT2D eigenvalue weighted by Crippen LogP contribution is -2.39. The summed E-state index contributed by atoms with van der Waals surface area (Å²) in [5, 5.41) is 10.6. The molecule has 4 nitrogen and oxygen atoms in total. The molecule has 1 heterocycles. The van der Waals surface area contributed by atoms with E-state index < -0.39 is 0 Å². The third-order valence-corrected chi connectivity index (χ3v) is 5.27. The van der Waals surface area contributed by atoms with E-state index in [-0.39, 0.29) is 23.0 Å². The van der Waals surface area contributed by atoms with Gasteiger partial charge in [0.15, 0.2) is 17.3 Å². The molecule has 0 bridgehead atoms. The van der Waals surface area contributed by atoms with E-state index in [0.717, 1.165) is 18.5 Å². The van der Waals surface area contributed by atoms with Crippen LogP contribution in [0.2, 0.25) is 0 Å². The lowest BCUT2D eigenvalue weighted by Gasteiger charge is -2.41. The first-order valence-corrected chi connectivity index (χ1v) is 7.60. The predicted octanol–water partition coefficient (Wildman–Crippen LogP) is 2.17. The third-order valence-electron chi connectivity index (χ3n) is 5.27. The van der Waals surface area contributed by atoms with Gasteiger partial charge in [0, 0.05) is 23.6 Å². The number of hydrogen-bond acceptors (Lipinski definition) is 4. The Balaban J connectivity index is 1.94. The van der Waals surface area contributed by atoms with Crippen molar-refractivity contribution in [3.63, 3.8) is 0 Å². The van der Waals surface area contributed by atoms with Gasteiger partial charge >= 0.3 is 0 Å². The molecule has 1 aromatic rings. The van der Waals surface area contributed by atoms with Crippen LogP contribution in [0, 0.1) is 5.41 Å². The van der Waals surface area contributed by atoms with Gasteiger partial charge in [0.2, 0.25) is 0 Å². The van der Waals surface area contributed by atoms with Gasteiger partial charge in [0.25, 0.3) is 0 Å². The molecule has 3 aliphatic rings. The maximum Gasteiger partial charge on any atom is 0.178 e. The lowest BCUT2D eigenvalue weighted by atomic mass is 9.75. The van der Waals surface area contributed by atoms with E-state index in [9.17, 15) is 9.90 Å². The molecule has 0 saturated carbocycles. The van der Waals surface area contributed by atoms with Crippen LogP contribution in [0.25, 0.3) is 0 Å². The summed E-state index contributed by atoms with van der Waals surface area (Å²) in [4.78, 5) is 13.9. The molecule has 0 aromatic heterocycles. The van der Waals surface area contributed by atoms with Gasteiger partial charge in [0.05, 0.1) is 7.11 Å². The molecule has 0 amide bonds. The highest BCUT2D eigenvalue weighted by molar-refractivity contribution is 6.00. The first kappa shape index (κ1) is 13.6. The fourth-order valence-electron chi connectivity index (χ4n) is 4.27. The molecule has 1 atom stereocenters. The molecular formula is C18H19NO3. The van der Waals surface area contributed by atoms with E-state index in [1.807, 2.05) is 18.2 Å². The molecular weight excluding hydrogens is 278 g/mol. The summed E-state index contributed by atoms with van der Waals surface area (Å²) in [5.41, 5.74) is 3.19. The number of ether oxygens (including phenoxy) is 1. The minimum atomic E-state index is -0.246. The van der Waals surface area contributed by atoms with E-state index in [1.165, 1.54) is 11.1 Å². The summed E-state index contributed by atoms with van der Waals surface area (Å²) in [7, 11) is 3.70. The van der Waals surface area contributed by atoms with Gasteiger partial charge in [-0.15, -0.1) is 0 Å². The van der Waals surface area contributed by atoms with Crippen LogP contribution in [0.5, 0.6) is 11.5 Å². The van der Waals surface area contributed by atoms with Crippen LogP contribution in [0.3, 0.4) is 0 Å². The van der Waals surface area contributed by atoms with Gasteiger partial charge in [-0.05, 0) is 49.2 Å². The molecule has 1 aromatic carbocycles. The summed E-state index contributed by atoms with van der Waals surface area (Å²) in [6.07, 6.45) is 8.99. The minimum absolute atomic E-state index is 0.0297. The first-order valence-electron chi connectivity index (χ1n) is 7.60. The number of fused-ring (bicyclic) bond motifs is 1. The van der Waals surface area contributed by atoms with Crippen molar-refractivity contribution in [1.82, 2.24) is 4.90 Å². The van der Waals surface area contributed by atoms with E-state index >= 15 is 0 Å². The highest BCUT2D eigenvalue weighted by Gasteiger charge is 2.49. The van der Waals surface area contributed by atoms with Gasteiger partial charge in [-0.25, -0.2) is 0 Å². The first-order chi connectivity index (χ1) is 10.6. The monoisotopic (exact) mass is 297 g/mol. The Morgan fingerprint density at radius 2 is 2.09 bits per heavy atom. The van der Waals surface area contributed by atoms with E-state index in [0.29, 0.717) is 12.2 Å². The molecule has 114 valence electrons. The summed E-state index contributed by atoms with van der Waals surface area (Å²) in [6.45, 7) is 0.961. The predicted molar refractivity (Wildman–Crippen MR) is 83.2 cm³/mol. The second-order valence-corrected chi connectivity index (χ2v) is 6.47. The van der Waals surface area contributed by atoms with Gasteiger partial charge < -0.3 is 9.84 Å². The number of phenols is 1. The van der Waals surface area contributed by atoms with Crippen LogP contribution in [0.1, 0.15) is 22.7 Å². The molecule has 0 saturated heterocycles. The Morgan fingerprint density at radius 3 is 2.77 bits per heavy atom. The fraction of sp³-hybridized carbons (Fsp3) is 0.389. The zero-order chi connectivity index (χ0) is 15.5. The number of rotatable bonds is 1. The largest absolute Gasteiger partial charge is 0.504 e. The van der Waals surface area contributed by atoms with Crippen LogP contribution in [0.15, 0.2) is 30.4 Å². The number of carbonyl (C=O) groups excluding carboxylic acids is 1. The van der Waals surface area contributed by atoms with Gasteiger partial charge in [-0.1, -0.05) is 12.2 Å². The molecule has 2 aliphatic carbocycles. The minimum Gasteiger partial charge on any atom is -0.504 e. The Hall–Kier alpha value is -2.07. The number of aromatic hydroxyl groups is 1. The number of carbonyl (C=O) groups is 1. The van der Waals surface area contributed by atoms with E-state index in [1.54, 1.807) is 19.3 Å². The van der Waals surface area contributed by atoms with Crippen LogP contribution in [-0.4, -0.2) is 36.5 Å². The molecule has 22 heavy (non-hydrogen) atoms. The quantitative estimate of drug-likeness (QED) is 0.863. The number of allylic oxidation sites excluding steroid dienone is 2. The Kier molecular flexibility index (Phi) is 2.76. The molecule has 4 rings (SSSR count). The van der Waals surface area contributed by atoms with Crippen molar-refractivity contribution in [3.8, 4) is 11.5 Å². The summed E-state index contributed by atoms with van der Waals surface area (Å²) >= 11 is 0. The van der Waals surface area contributed by atoms with Crippen LogP contribution >= 0.6 is 0 Å². The molecule has 1 spiro atoms. The summed E-state index contributed by atoms with van der Waals surface area (Å²) in [5.74, 6) is 0.827. The second kappa shape index (κ2) is 4.46.